The molecular formula is C8H8FO2. The summed E-state index contributed by atoms with van der Waals surface area (Å²) in [5.41, 5.74) is 0. The first-order chi connectivity index (χ1) is 5.26. The lowest BCUT2D eigenvalue weighted by Gasteiger charge is -2.02. The quantitative estimate of drug-likeness (QED) is 0.646. The molecule has 0 aromatic heterocycles. The average molecular weight is 155 g/mol. The van der Waals surface area contributed by atoms with E-state index in [0.717, 1.165) is 0 Å². The molecule has 0 atom stereocenters. The van der Waals surface area contributed by atoms with Crippen molar-refractivity contribution in [3.63, 3.8) is 0 Å². The predicted molar refractivity (Wildman–Crippen MR) is 38.3 cm³/mol. The fourth-order valence-electron chi connectivity index (χ4n) is 0.706. The largest absolute Gasteiger partial charge is 0.496 e. The van der Waals surface area contributed by atoms with Gasteiger partial charge in [-0.15, -0.1) is 0 Å². The Bertz CT molecular complexity index is 226. The summed E-state index contributed by atoms with van der Waals surface area (Å²) in [4.78, 5) is 0. The van der Waals surface area contributed by atoms with E-state index in [4.69, 9.17) is 9.47 Å². The SMILES string of the molecule is COc1[c]c(OC)cc(F)c1. The lowest BCUT2D eigenvalue weighted by atomic mass is 10.3. The van der Waals surface area contributed by atoms with E-state index in [0.29, 0.717) is 11.5 Å². The fourth-order valence-corrected chi connectivity index (χ4v) is 0.706. The van der Waals surface area contributed by atoms with Gasteiger partial charge in [0.2, 0.25) is 0 Å². The first kappa shape index (κ1) is 7.85. The third-order valence-electron chi connectivity index (χ3n) is 1.22. The van der Waals surface area contributed by atoms with E-state index in [-0.39, 0.29) is 0 Å². The van der Waals surface area contributed by atoms with E-state index in [1.807, 2.05) is 0 Å². The standard InChI is InChI=1S/C8H8FO2/c1-10-7-3-6(9)4-8(5-7)11-2/h3-4H,1-2H3. The number of halogens is 1. The van der Waals surface area contributed by atoms with Gasteiger partial charge in [0.1, 0.15) is 17.3 Å². The van der Waals surface area contributed by atoms with Gasteiger partial charge in [-0.25, -0.2) is 4.39 Å². The Hall–Kier alpha value is -1.25. The zero-order valence-corrected chi connectivity index (χ0v) is 6.35. The molecule has 0 saturated heterocycles. The maximum absolute atomic E-state index is 12.6. The molecule has 1 radical (unpaired) electrons. The van der Waals surface area contributed by atoms with Crippen LogP contribution in [0.25, 0.3) is 0 Å². The van der Waals surface area contributed by atoms with Crippen molar-refractivity contribution < 1.29 is 13.9 Å². The smallest absolute Gasteiger partial charge is 0.133 e. The molecule has 0 amide bonds. The van der Waals surface area contributed by atoms with Crippen molar-refractivity contribution in [1.29, 1.82) is 0 Å². The molecule has 0 fully saturated rings. The highest BCUT2D eigenvalue weighted by Gasteiger charge is 2.00. The van der Waals surface area contributed by atoms with Crippen LogP contribution in [0.3, 0.4) is 0 Å². The molecule has 0 heterocycles. The number of ether oxygens (including phenoxy) is 2. The highest BCUT2D eigenvalue weighted by atomic mass is 19.1. The lowest BCUT2D eigenvalue weighted by Crippen LogP contribution is -1.88. The minimum absolute atomic E-state index is 0.335. The second-order valence-corrected chi connectivity index (χ2v) is 1.94. The van der Waals surface area contributed by atoms with Crippen LogP contribution in [0.4, 0.5) is 4.39 Å². The molecule has 0 aliphatic carbocycles. The Morgan fingerprint density at radius 1 is 1.18 bits per heavy atom. The summed E-state index contributed by atoms with van der Waals surface area (Å²) in [6.45, 7) is 0. The van der Waals surface area contributed by atoms with Gasteiger partial charge in [0.05, 0.1) is 20.3 Å². The fraction of sp³-hybridized carbons (Fsp3) is 0.250. The van der Waals surface area contributed by atoms with Crippen LogP contribution in [-0.2, 0) is 0 Å². The van der Waals surface area contributed by atoms with Crippen LogP contribution >= 0.6 is 0 Å². The minimum Gasteiger partial charge on any atom is -0.496 e. The Balaban J connectivity index is 3.02. The normalized spacial score (nSPS) is 9.36. The monoisotopic (exact) mass is 155 g/mol. The van der Waals surface area contributed by atoms with Crippen LogP contribution in [-0.4, -0.2) is 14.2 Å². The molecule has 0 aliphatic rings. The van der Waals surface area contributed by atoms with E-state index in [1.54, 1.807) is 0 Å². The third-order valence-corrected chi connectivity index (χ3v) is 1.22. The van der Waals surface area contributed by atoms with E-state index < -0.39 is 5.82 Å². The van der Waals surface area contributed by atoms with Gasteiger partial charge in [0.15, 0.2) is 0 Å². The molecule has 11 heavy (non-hydrogen) atoms. The molecule has 0 unspecified atom stereocenters. The number of rotatable bonds is 2. The molecule has 0 spiro atoms. The molecule has 1 rings (SSSR count). The minimum atomic E-state index is -0.391. The molecule has 0 N–H and O–H groups in total. The van der Waals surface area contributed by atoms with Gasteiger partial charge in [-0.2, -0.15) is 0 Å². The van der Waals surface area contributed by atoms with Gasteiger partial charge in [0, 0.05) is 12.1 Å². The Kier molecular flexibility index (Phi) is 2.31. The Labute approximate surface area is 64.6 Å². The van der Waals surface area contributed by atoms with Crippen molar-refractivity contribution in [3.05, 3.63) is 24.0 Å². The van der Waals surface area contributed by atoms with Crippen LogP contribution < -0.4 is 9.47 Å². The second kappa shape index (κ2) is 3.23. The third kappa shape index (κ3) is 1.83. The Morgan fingerprint density at radius 2 is 1.64 bits per heavy atom. The number of hydrogen-bond acceptors (Lipinski definition) is 2. The summed E-state index contributed by atoms with van der Waals surface area (Å²) in [5.74, 6) is 0.279. The summed E-state index contributed by atoms with van der Waals surface area (Å²) in [7, 11) is 2.90. The van der Waals surface area contributed by atoms with Crippen molar-refractivity contribution in [2.45, 2.75) is 0 Å². The highest BCUT2D eigenvalue weighted by molar-refractivity contribution is 5.31. The first-order valence-corrected chi connectivity index (χ1v) is 3.07. The van der Waals surface area contributed by atoms with E-state index in [2.05, 4.69) is 6.07 Å². The molecule has 2 nitrogen and oxygen atoms in total. The van der Waals surface area contributed by atoms with Crippen LogP contribution in [0, 0.1) is 11.9 Å². The van der Waals surface area contributed by atoms with Gasteiger partial charge in [-0.3, -0.25) is 0 Å². The molecule has 0 saturated carbocycles. The number of benzene rings is 1. The van der Waals surface area contributed by atoms with Crippen molar-refractivity contribution in [3.8, 4) is 11.5 Å². The van der Waals surface area contributed by atoms with Gasteiger partial charge < -0.3 is 9.47 Å². The highest BCUT2D eigenvalue weighted by Crippen LogP contribution is 2.19. The van der Waals surface area contributed by atoms with Crippen molar-refractivity contribution >= 4 is 0 Å². The van der Waals surface area contributed by atoms with Crippen LogP contribution in [0.15, 0.2) is 12.1 Å². The van der Waals surface area contributed by atoms with Gasteiger partial charge in [-0.05, 0) is 0 Å². The van der Waals surface area contributed by atoms with Crippen LogP contribution in [0.1, 0.15) is 0 Å². The molecule has 0 aliphatic heterocycles. The summed E-state index contributed by atoms with van der Waals surface area (Å²) < 4.78 is 22.1. The maximum atomic E-state index is 12.6. The molecule has 59 valence electrons. The Morgan fingerprint density at radius 3 is 2.00 bits per heavy atom. The molecular weight excluding hydrogens is 147 g/mol. The molecule has 1 aromatic carbocycles. The molecule has 0 bridgehead atoms. The lowest BCUT2D eigenvalue weighted by molar-refractivity contribution is 0.387. The summed E-state index contributed by atoms with van der Waals surface area (Å²) in [5, 5.41) is 0. The van der Waals surface area contributed by atoms with Crippen LogP contribution in [0.2, 0.25) is 0 Å². The number of hydrogen-bond donors (Lipinski definition) is 0. The van der Waals surface area contributed by atoms with Gasteiger partial charge in [-0.1, -0.05) is 0 Å². The van der Waals surface area contributed by atoms with E-state index in [1.165, 1.54) is 26.4 Å². The van der Waals surface area contributed by atoms with Crippen LogP contribution in [0.5, 0.6) is 11.5 Å². The number of methoxy groups -OCH3 is 2. The molecule has 1 aromatic rings. The van der Waals surface area contributed by atoms with Gasteiger partial charge >= 0.3 is 0 Å². The first-order valence-electron chi connectivity index (χ1n) is 3.07. The van der Waals surface area contributed by atoms with Crippen molar-refractivity contribution in [1.82, 2.24) is 0 Å². The summed E-state index contributed by atoms with van der Waals surface area (Å²) in [6, 6.07) is 5.18. The van der Waals surface area contributed by atoms with Crippen molar-refractivity contribution in [2.75, 3.05) is 14.2 Å². The zero-order chi connectivity index (χ0) is 8.27. The van der Waals surface area contributed by atoms with Gasteiger partial charge in [0.25, 0.3) is 0 Å². The van der Waals surface area contributed by atoms with E-state index in [9.17, 15) is 4.39 Å². The topological polar surface area (TPSA) is 18.5 Å². The average Bonchev–Trinajstić information content (AvgIpc) is 2.03. The molecule has 3 heteroatoms. The van der Waals surface area contributed by atoms with Crippen molar-refractivity contribution in [2.24, 2.45) is 0 Å². The zero-order valence-electron chi connectivity index (χ0n) is 6.35. The second-order valence-electron chi connectivity index (χ2n) is 1.94. The van der Waals surface area contributed by atoms with E-state index >= 15 is 0 Å². The predicted octanol–water partition coefficient (Wildman–Crippen LogP) is 1.64. The summed E-state index contributed by atoms with van der Waals surface area (Å²) >= 11 is 0. The summed E-state index contributed by atoms with van der Waals surface area (Å²) in [6.07, 6.45) is 0. The maximum Gasteiger partial charge on any atom is 0.133 e.